The first-order valence-corrected chi connectivity index (χ1v) is 7.46. The van der Waals surface area contributed by atoms with Crippen molar-refractivity contribution in [2.45, 2.75) is 6.04 Å². The van der Waals surface area contributed by atoms with Gasteiger partial charge in [0.1, 0.15) is 11.9 Å². The van der Waals surface area contributed by atoms with Gasteiger partial charge in [0.15, 0.2) is 0 Å². The van der Waals surface area contributed by atoms with Gasteiger partial charge in [-0.05, 0) is 17.7 Å². The first-order valence-electron chi connectivity index (χ1n) is 6.06. The summed E-state index contributed by atoms with van der Waals surface area (Å²) in [7, 11) is -0.916. The highest BCUT2D eigenvalue weighted by molar-refractivity contribution is 7.86. The maximum Gasteiger partial charge on any atom is 0.282 e. The van der Waals surface area contributed by atoms with Crippen molar-refractivity contribution in [1.82, 2.24) is 13.9 Å². The lowest BCUT2D eigenvalue weighted by molar-refractivity contribution is -0.127. The van der Waals surface area contributed by atoms with Crippen molar-refractivity contribution in [3.8, 4) is 0 Å². The Kier molecular flexibility index (Phi) is 4.07. The highest BCUT2D eigenvalue weighted by atomic mass is 32.2. The molecule has 1 saturated heterocycles. The molecular weight excluding hydrogens is 285 g/mol. The molecule has 0 aliphatic carbocycles. The Morgan fingerprint density at radius 1 is 1.30 bits per heavy atom. The van der Waals surface area contributed by atoms with Gasteiger partial charge in [-0.15, -0.1) is 0 Å². The van der Waals surface area contributed by atoms with Crippen molar-refractivity contribution >= 4 is 16.1 Å². The first kappa shape index (κ1) is 14.9. The fourth-order valence-corrected chi connectivity index (χ4v) is 3.29. The fourth-order valence-electron chi connectivity index (χ4n) is 2.07. The van der Waals surface area contributed by atoms with Crippen molar-refractivity contribution in [1.29, 1.82) is 0 Å². The molecule has 1 unspecified atom stereocenters. The van der Waals surface area contributed by atoms with E-state index in [1.807, 2.05) is 0 Å². The van der Waals surface area contributed by atoms with Gasteiger partial charge in [0.25, 0.3) is 10.2 Å². The topological polar surface area (TPSA) is 69.7 Å². The molecular formula is C12H16FN3O3S. The zero-order valence-electron chi connectivity index (χ0n) is 11.2. The van der Waals surface area contributed by atoms with Crippen LogP contribution >= 0.6 is 0 Å². The van der Waals surface area contributed by atoms with Crippen molar-refractivity contribution in [3.63, 3.8) is 0 Å². The second-order valence-electron chi connectivity index (χ2n) is 4.65. The maximum absolute atomic E-state index is 13.0. The Morgan fingerprint density at radius 2 is 1.90 bits per heavy atom. The van der Waals surface area contributed by atoms with Gasteiger partial charge < -0.3 is 5.32 Å². The second kappa shape index (κ2) is 5.47. The molecule has 6 nitrogen and oxygen atoms in total. The van der Waals surface area contributed by atoms with Crippen molar-refractivity contribution in [2.24, 2.45) is 0 Å². The molecule has 110 valence electrons. The van der Waals surface area contributed by atoms with Gasteiger partial charge in [0.05, 0.1) is 0 Å². The predicted octanol–water partition coefficient (Wildman–Crippen LogP) is 0.105. The van der Waals surface area contributed by atoms with Gasteiger partial charge in [-0.2, -0.15) is 17.0 Å². The van der Waals surface area contributed by atoms with E-state index in [0.717, 1.165) is 8.61 Å². The third kappa shape index (κ3) is 2.67. The lowest BCUT2D eigenvalue weighted by Crippen LogP contribution is -2.54. The molecule has 2 rings (SSSR count). The lowest BCUT2D eigenvalue weighted by atomic mass is 10.0. The number of halogens is 1. The van der Waals surface area contributed by atoms with Crippen LogP contribution in [0.25, 0.3) is 0 Å². The molecule has 1 aliphatic heterocycles. The fraction of sp³-hybridized carbons (Fsp3) is 0.417. The molecule has 1 fully saturated rings. The van der Waals surface area contributed by atoms with Crippen LogP contribution in [0.15, 0.2) is 24.3 Å². The Bertz CT molecular complexity index is 601. The van der Waals surface area contributed by atoms with Crippen LogP contribution in [0.3, 0.4) is 0 Å². The van der Waals surface area contributed by atoms with Crippen LogP contribution in [-0.4, -0.2) is 50.1 Å². The third-order valence-electron chi connectivity index (χ3n) is 3.11. The zero-order valence-corrected chi connectivity index (χ0v) is 12.0. The second-order valence-corrected chi connectivity index (χ2v) is 6.74. The van der Waals surface area contributed by atoms with Crippen molar-refractivity contribution < 1.29 is 17.6 Å². The number of carbonyl (C=O) groups is 1. The molecule has 0 spiro atoms. The molecule has 0 aromatic heterocycles. The Morgan fingerprint density at radius 3 is 2.45 bits per heavy atom. The monoisotopic (exact) mass is 301 g/mol. The van der Waals surface area contributed by atoms with Crippen molar-refractivity contribution in [3.05, 3.63) is 35.6 Å². The van der Waals surface area contributed by atoms with E-state index in [9.17, 15) is 17.6 Å². The number of carbonyl (C=O) groups excluding carboxylic acids is 1. The molecule has 8 heteroatoms. The van der Waals surface area contributed by atoms with E-state index >= 15 is 0 Å². The minimum absolute atomic E-state index is 0.175. The number of nitrogens with one attached hydrogen (secondary N) is 1. The largest absolute Gasteiger partial charge is 0.353 e. The smallest absolute Gasteiger partial charge is 0.282 e. The summed E-state index contributed by atoms with van der Waals surface area (Å²) < 4.78 is 39.7. The van der Waals surface area contributed by atoms with Gasteiger partial charge in [0.2, 0.25) is 5.91 Å². The van der Waals surface area contributed by atoms with Gasteiger partial charge in [-0.25, -0.2) is 4.39 Å². The molecule has 1 N–H and O–H groups in total. The van der Waals surface area contributed by atoms with Crippen LogP contribution in [0.5, 0.6) is 0 Å². The minimum Gasteiger partial charge on any atom is -0.353 e. The van der Waals surface area contributed by atoms with E-state index in [1.54, 1.807) is 0 Å². The van der Waals surface area contributed by atoms with Crippen LogP contribution in [-0.2, 0) is 15.0 Å². The van der Waals surface area contributed by atoms with Gasteiger partial charge in [0, 0.05) is 27.2 Å². The zero-order chi connectivity index (χ0) is 14.9. The minimum atomic E-state index is -3.73. The summed E-state index contributed by atoms with van der Waals surface area (Å²) in [6, 6.07) is 4.28. The number of hydrogen-bond donors (Lipinski definition) is 1. The van der Waals surface area contributed by atoms with Crippen LogP contribution < -0.4 is 5.32 Å². The molecule has 0 bridgehead atoms. The SMILES string of the molecule is CN(C)S(=O)(=O)N1CCNC(=O)C1c1ccc(F)cc1. The Balaban J connectivity index is 2.44. The van der Waals surface area contributed by atoms with E-state index in [4.69, 9.17) is 0 Å². The summed E-state index contributed by atoms with van der Waals surface area (Å²) in [5.74, 6) is -0.847. The number of piperazine rings is 1. The standard InChI is InChI=1S/C12H16FN3O3S/c1-15(2)20(18,19)16-8-7-14-12(17)11(16)9-3-5-10(13)6-4-9/h3-6,11H,7-8H2,1-2H3,(H,14,17). The summed E-state index contributed by atoms with van der Waals surface area (Å²) in [5.41, 5.74) is 0.439. The van der Waals surface area contributed by atoms with E-state index in [2.05, 4.69) is 5.32 Å². The summed E-state index contributed by atoms with van der Waals surface area (Å²) in [6.45, 7) is 0.428. The summed E-state index contributed by atoms with van der Waals surface area (Å²) in [6.07, 6.45) is 0. The van der Waals surface area contributed by atoms with Gasteiger partial charge in [-0.1, -0.05) is 12.1 Å². The number of nitrogens with zero attached hydrogens (tertiary/aromatic N) is 2. The van der Waals surface area contributed by atoms with Crippen molar-refractivity contribution in [2.75, 3.05) is 27.2 Å². The van der Waals surface area contributed by atoms with Crippen LogP contribution in [0.1, 0.15) is 11.6 Å². The number of amides is 1. The first-order chi connectivity index (χ1) is 9.34. The van der Waals surface area contributed by atoms with Crippen LogP contribution in [0.4, 0.5) is 4.39 Å². The molecule has 1 aromatic rings. The number of benzene rings is 1. The molecule has 1 aliphatic rings. The summed E-state index contributed by atoms with van der Waals surface area (Å²) in [5, 5.41) is 2.63. The Labute approximate surface area is 117 Å². The molecule has 20 heavy (non-hydrogen) atoms. The van der Waals surface area contributed by atoms with E-state index < -0.39 is 28.0 Å². The van der Waals surface area contributed by atoms with Crippen LogP contribution in [0.2, 0.25) is 0 Å². The van der Waals surface area contributed by atoms with Crippen LogP contribution in [0, 0.1) is 5.82 Å². The van der Waals surface area contributed by atoms with Gasteiger partial charge >= 0.3 is 0 Å². The highest BCUT2D eigenvalue weighted by Crippen LogP contribution is 2.27. The number of rotatable bonds is 3. The summed E-state index contributed by atoms with van der Waals surface area (Å²) in [4.78, 5) is 12.0. The third-order valence-corrected chi connectivity index (χ3v) is 5.02. The normalized spacial score (nSPS) is 21.0. The molecule has 1 amide bonds. The quantitative estimate of drug-likeness (QED) is 0.861. The van der Waals surface area contributed by atoms with Gasteiger partial charge in [-0.3, -0.25) is 4.79 Å². The maximum atomic E-state index is 13.0. The molecule has 0 saturated carbocycles. The average molecular weight is 301 g/mol. The highest BCUT2D eigenvalue weighted by Gasteiger charge is 2.39. The van der Waals surface area contributed by atoms with E-state index in [1.165, 1.54) is 38.4 Å². The molecule has 1 atom stereocenters. The molecule has 0 radical (unpaired) electrons. The van der Waals surface area contributed by atoms with E-state index in [-0.39, 0.29) is 13.1 Å². The Hall–Kier alpha value is -1.51. The lowest BCUT2D eigenvalue weighted by Gasteiger charge is -2.35. The van der Waals surface area contributed by atoms with E-state index in [0.29, 0.717) is 5.56 Å². The summed E-state index contributed by atoms with van der Waals surface area (Å²) >= 11 is 0. The average Bonchev–Trinajstić information content (AvgIpc) is 2.39. The number of hydrogen-bond acceptors (Lipinski definition) is 3. The molecule has 1 heterocycles. The predicted molar refractivity (Wildman–Crippen MR) is 71.5 cm³/mol. The molecule has 1 aromatic carbocycles.